The number of nitrogens with one attached hydrogen (secondary N) is 1. The molecule has 0 saturated heterocycles. The average Bonchev–Trinajstić information content (AvgIpc) is 2.75. The third kappa shape index (κ3) is 4.45. The quantitative estimate of drug-likeness (QED) is 0.795. The minimum atomic E-state index is 0.0186. The minimum Gasteiger partial charge on any atom is -0.452 e. The number of hydrogen-bond donors (Lipinski definition) is 2. The van der Waals surface area contributed by atoms with Crippen LogP contribution < -0.4 is 5.32 Å². The van der Waals surface area contributed by atoms with Gasteiger partial charge in [-0.25, -0.2) is 0 Å². The van der Waals surface area contributed by atoms with Crippen LogP contribution in [0.2, 0.25) is 0 Å². The Morgan fingerprint density at radius 2 is 1.95 bits per heavy atom. The number of hydrogen-bond acceptors (Lipinski definition) is 3. The fourth-order valence-corrected chi connectivity index (χ4v) is 2.48. The van der Waals surface area contributed by atoms with Gasteiger partial charge in [0.2, 0.25) is 0 Å². The normalized spacial score (nSPS) is 12.6. The molecule has 0 radical (unpaired) electrons. The van der Waals surface area contributed by atoms with Crippen molar-refractivity contribution in [2.45, 2.75) is 19.0 Å². The molecule has 0 aliphatic carbocycles. The molecule has 2 rings (SSSR count). The number of rotatable bonds is 6. The van der Waals surface area contributed by atoms with Gasteiger partial charge in [-0.2, -0.15) is 0 Å². The molecule has 19 heavy (non-hydrogen) atoms. The molecule has 0 amide bonds. The van der Waals surface area contributed by atoms with E-state index in [-0.39, 0.29) is 12.6 Å². The van der Waals surface area contributed by atoms with Crippen molar-refractivity contribution in [2.24, 2.45) is 0 Å². The Morgan fingerprint density at radius 1 is 1.21 bits per heavy atom. The molecule has 0 aliphatic heterocycles. The van der Waals surface area contributed by atoms with Crippen LogP contribution in [0.25, 0.3) is 0 Å². The number of furan rings is 1. The Labute approximate surface area is 129 Å². The second kappa shape index (κ2) is 7.24. The van der Waals surface area contributed by atoms with Gasteiger partial charge in [-0.3, -0.25) is 0 Å². The second-order valence-corrected chi connectivity index (χ2v) is 5.86. The maximum Gasteiger partial charge on any atom is 0.183 e. The number of aliphatic hydroxyl groups is 1. The molecule has 3 nitrogen and oxygen atoms in total. The molecule has 0 fully saturated rings. The number of halogens is 2. The molecule has 0 saturated carbocycles. The summed E-state index contributed by atoms with van der Waals surface area (Å²) in [5.74, 6) is 0.824. The van der Waals surface area contributed by atoms with Crippen molar-refractivity contribution in [2.75, 3.05) is 6.61 Å². The summed E-state index contributed by atoms with van der Waals surface area (Å²) in [4.78, 5) is 0. The van der Waals surface area contributed by atoms with Crippen LogP contribution in [0.5, 0.6) is 0 Å². The standard InChI is InChI=1S/C14H15Br2NO2/c15-13-7-12(19-14(13)16)8-17-11(9-18)6-10-4-2-1-3-5-10/h1-5,7,11,17-18H,6,8-9H2. The van der Waals surface area contributed by atoms with Gasteiger partial charge in [0.05, 0.1) is 17.6 Å². The second-order valence-electron chi connectivity index (χ2n) is 4.28. The van der Waals surface area contributed by atoms with Gasteiger partial charge in [0.15, 0.2) is 4.67 Å². The molecule has 2 aromatic rings. The molecule has 1 atom stereocenters. The van der Waals surface area contributed by atoms with Gasteiger partial charge in [-0.05, 0) is 49.9 Å². The highest BCUT2D eigenvalue weighted by atomic mass is 79.9. The third-order valence-electron chi connectivity index (χ3n) is 2.81. The SMILES string of the molecule is OCC(Cc1ccccc1)NCc1cc(Br)c(Br)o1. The molecule has 1 heterocycles. The van der Waals surface area contributed by atoms with Crippen molar-refractivity contribution in [1.29, 1.82) is 0 Å². The summed E-state index contributed by atoms with van der Waals surface area (Å²) in [6, 6.07) is 12.0. The van der Waals surface area contributed by atoms with Crippen LogP contribution >= 0.6 is 31.9 Å². The van der Waals surface area contributed by atoms with Gasteiger partial charge < -0.3 is 14.8 Å². The summed E-state index contributed by atoms with van der Waals surface area (Å²) >= 11 is 6.68. The zero-order valence-electron chi connectivity index (χ0n) is 10.3. The molecule has 5 heteroatoms. The largest absolute Gasteiger partial charge is 0.452 e. The molecular formula is C14H15Br2NO2. The average molecular weight is 389 g/mol. The van der Waals surface area contributed by atoms with E-state index in [1.165, 1.54) is 5.56 Å². The first kappa shape index (κ1) is 14.8. The van der Waals surface area contributed by atoms with E-state index >= 15 is 0 Å². The molecule has 0 bridgehead atoms. The van der Waals surface area contributed by atoms with E-state index in [4.69, 9.17) is 4.42 Å². The molecule has 1 aromatic carbocycles. The summed E-state index contributed by atoms with van der Waals surface area (Å²) in [5, 5.41) is 12.7. The van der Waals surface area contributed by atoms with Crippen LogP contribution in [0.1, 0.15) is 11.3 Å². The van der Waals surface area contributed by atoms with Gasteiger partial charge in [0, 0.05) is 6.04 Å². The van der Waals surface area contributed by atoms with Crippen LogP contribution in [0.15, 0.2) is 50.0 Å². The van der Waals surface area contributed by atoms with Crippen LogP contribution in [-0.4, -0.2) is 17.8 Å². The van der Waals surface area contributed by atoms with Crippen LogP contribution in [-0.2, 0) is 13.0 Å². The van der Waals surface area contributed by atoms with Crippen molar-refractivity contribution in [3.8, 4) is 0 Å². The Balaban J connectivity index is 1.89. The lowest BCUT2D eigenvalue weighted by molar-refractivity contribution is 0.238. The van der Waals surface area contributed by atoms with Crippen LogP contribution in [0.3, 0.4) is 0 Å². The van der Waals surface area contributed by atoms with Crippen LogP contribution in [0, 0.1) is 0 Å². The number of aliphatic hydroxyl groups excluding tert-OH is 1. The monoisotopic (exact) mass is 387 g/mol. The lowest BCUT2D eigenvalue weighted by atomic mass is 10.1. The van der Waals surface area contributed by atoms with Gasteiger partial charge in [-0.1, -0.05) is 30.3 Å². The first-order valence-corrected chi connectivity index (χ1v) is 7.59. The molecule has 0 spiro atoms. The van der Waals surface area contributed by atoms with E-state index in [1.807, 2.05) is 24.3 Å². The highest BCUT2D eigenvalue weighted by molar-refractivity contribution is 9.13. The highest BCUT2D eigenvalue weighted by Gasteiger charge is 2.10. The Kier molecular flexibility index (Phi) is 5.63. The van der Waals surface area contributed by atoms with Gasteiger partial charge in [0.1, 0.15) is 5.76 Å². The molecule has 0 aliphatic rings. The van der Waals surface area contributed by atoms with E-state index in [2.05, 4.69) is 49.3 Å². The molecule has 1 aromatic heterocycles. The summed E-state index contributed by atoms with van der Waals surface area (Å²) in [6.07, 6.45) is 0.792. The molecule has 102 valence electrons. The van der Waals surface area contributed by atoms with Gasteiger partial charge >= 0.3 is 0 Å². The Hall–Kier alpha value is -0.620. The number of benzene rings is 1. The molecular weight excluding hydrogens is 374 g/mol. The fraction of sp³-hybridized carbons (Fsp3) is 0.286. The van der Waals surface area contributed by atoms with E-state index < -0.39 is 0 Å². The van der Waals surface area contributed by atoms with Crippen molar-refractivity contribution in [3.63, 3.8) is 0 Å². The fourth-order valence-electron chi connectivity index (χ4n) is 1.82. The van der Waals surface area contributed by atoms with E-state index in [1.54, 1.807) is 0 Å². The summed E-state index contributed by atoms with van der Waals surface area (Å²) < 4.78 is 7.07. The Morgan fingerprint density at radius 3 is 2.53 bits per heavy atom. The van der Waals surface area contributed by atoms with Crippen molar-refractivity contribution >= 4 is 31.9 Å². The maximum atomic E-state index is 9.41. The van der Waals surface area contributed by atoms with Crippen molar-refractivity contribution < 1.29 is 9.52 Å². The molecule has 2 N–H and O–H groups in total. The summed E-state index contributed by atoms with van der Waals surface area (Å²) in [5.41, 5.74) is 1.20. The van der Waals surface area contributed by atoms with Crippen LogP contribution in [0.4, 0.5) is 0 Å². The molecule has 1 unspecified atom stereocenters. The van der Waals surface area contributed by atoms with E-state index in [9.17, 15) is 5.11 Å². The lowest BCUT2D eigenvalue weighted by Gasteiger charge is -2.15. The van der Waals surface area contributed by atoms with E-state index in [0.717, 1.165) is 16.7 Å². The topological polar surface area (TPSA) is 45.4 Å². The summed E-state index contributed by atoms with van der Waals surface area (Å²) in [7, 11) is 0. The van der Waals surface area contributed by atoms with E-state index in [0.29, 0.717) is 11.2 Å². The predicted octanol–water partition coefficient (Wildman–Crippen LogP) is 3.50. The highest BCUT2D eigenvalue weighted by Crippen LogP contribution is 2.26. The summed E-state index contributed by atoms with van der Waals surface area (Å²) in [6.45, 7) is 0.681. The zero-order chi connectivity index (χ0) is 13.7. The maximum absolute atomic E-state index is 9.41. The smallest absolute Gasteiger partial charge is 0.183 e. The van der Waals surface area contributed by atoms with Crippen molar-refractivity contribution in [1.82, 2.24) is 5.32 Å². The third-order valence-corrected chi connectivity index (χ3v) is 4.52. The minimum absolute atomic E-state index is 0.0186. The van der Waals surface area contributed by atoms with Crippen molar-refractivity contribution in [3.05, 3.63) is 56.9 Å². The zero-order valence-corrected chi connectivity index (χ0v) is 13.4. The van der Waals surface area contributed by atoms with Gasteiger partial charge in [0.25, 0.3) is 0 Å². The predicted molar refractivity (Wildman–Crippen MR) is 82.0 cm³/mol. The first-order chi connectivity index (χ1) is 9.19. The lowest BCUT2D eigenvalue weighted by Crippen LogP contribution is -2.33. The Bertz CT molecular complexity index is 494. The first-order valence-electron chi connectivity index (χ1n) is 6.01. The van der Waals surface area contributed by atoms with Gasteiger partial charge in [-0.15, -0.1) is 0 Å².